The predicted molar refractivity (Wildman–Crippen MR) is 170 cm³/mol. The topological polar surface area (TPSA) is 44.8 Å². The number of benzene rings is 2. The average molecular weight is 563 g/mol. The Morgan fingerprint density at radius 2 is 1.24 bits per heavy atom. The molecule has 226 valence electrons. The van der Waals surface area contributed by atoms with Crippen LogP contribution in [-0.2, 0) is 0 Å². The number of hydrogen-bond acceptors (Lipinski definition) is 4. The Hall–Kier alpha value is -2.75. The smallest absolute Gasteiger partial charge is 0.343 e. The van der Waals surface area contributed by atoms with Crippen LogP contribution in [0.1, 0.15) is 126 Å². The van der Waals surface area contributed by atoms with Crippen LogP contribution in [-0.4, -0.2) is 19.2 Å². The van der Waals surface area contributed by atoms with Gasteiger partial charge in [0.15, 0.2) is 0 Å². The van der Waals surface area contributed by atoms with Gasteiger partial charge in [-0.15, -0.1) is 6.58 Å². The number of rotatable bonds is 21. The number of carbonyl (C=O) groups excluding carboxylic acids is 1. The van der Waals surface area contributed by atoms with E-state index in [-0.39, 0.29) is 5.97 Å². The van der Waals surface area contributed by atoms with E-state index in [1.807, 2.05) is 30.3 Å². The molecular weight excluding hydrogens is 508 g/mol. The Balaban J connectivity index is 1.30. The molecule has 0 saturated heterocycles. The second-order valence-electron chi connectivity index (χ2n) is 11.7. The van der Waals surface area contributed by atoms with Crippen LogP contribution >= 0.6 is 0 Å². The number of esters is 1. The highest BCUT2D eigenvalue weighted by Crippen LogP contribution is 2.36. The highest BCUT2D eigenvalue weighted by molar-refractivity contribution is 5.91. The van der Waals surface area contributed by atoms with Crippen molar-refractivity contribution in [3.8, 4) is 17.2 Å². The van der Waals surface area contributed by atoms with E-state index < -0.39 is 0 Å². The van der Waals surface area contributed by atoms with E-state index in [4.69, 9.17) is 14.2 Å². The summed E-state index contributed by atoms with van der Waals surface area (Å²) in [5.41, 5.74) is 0.507. The van der Waals surface area contributed by atoms with Gasteiger partial charge in [-0.05, 0) is 92.5 Å². The molecule has 2 aromatic rings. The predicted octanol–water partition coefficient (Wildman–Crippen LogP) is 10.7. The molecule has 4 nitrogen and oxygen atoms in total. The molecule has 41 heavy (non-hydrogen) atoms. The van der Waals surface area contributed by atoms with Crippen LogP contribution in [0.5, 0.6) is 17.2 Å². The molecule has 0 aliphatic heterocycles. The van der Waals surface area contributed by atoms with E-state index in [0.717, 1.165) is 49.2 Å². The van der Waals surface area contributed by atoms with Gasteiger partial charge in [0.2, 0.25) is 0 Å². The first-order valence-corrected chi connectivity index (χ1v) is 16.5. The van der Waals surface area contributed by atoms with Crippen LogP contribution in [0.4, 0.5) is 0 Å². The molecule has 1 saturated carbocycles. The quantitative estimate of drug-likeness (QED) is 0.0657. The van der Waals surface area contributed by atoms with Crippen LogP contribution < -0.4 is 14.2 Å². The Morgan fingerprint density at radius 3 is 1.88 bits per heavy atom. The summed E-state index contributed by atoms with van der Waals surface area (Å²) in [6.45, 7) is 7.49. The Bertz CT molecular complexity index is 965. The third-order valence-corrected chi connectivity index (χ3v) is 8.43. The van der Waals surface area contributed by atoms with Crippen LogP contribution in [0.3, 0.4) is 0 Å². The molecular formula is C37H54O4. The molecule has 1 aliphatic rings. The zero-order valence-electron chi connectivity index (χ0n) is 25.6. The fraction of sp³-hybridized carbons (Fsp3) is 0.595. The lowest BCUT2D eigenvalue weighted by Crippen LogP contribution is -2.20. The van der Waals surface area contributed by atoms with Crippen molar-refractivity contribution >= 4 is 5.97 Å². The van der Waals surface area contributed by atoms with Gasteiger partial charge in [-0.3, -0.25) is 0 Å². The van der Waals surface area contributed by atoms with E-state index in [2.05, 4.69) is 13.5 Å². The maximum Gasteiger partial charge on any atom is 0.343 e. The maximum absolute atomic E-state index is 12.6. The van der Waals surface area contributed by atoms with Gasteiger partial charge in [0.25, 0.3) is 0 Å². The van der Waals surface area contributed by atoms with E-state index >= 15 is 0 Å². The monoisotopic (exact) mass is 562 g/mol. The zero-order valence-corrected chi connectivity index (χ0v) is 25.6. The number of carbonyl (C=O) groups is 1. The normalized spacial score (nSPS) is 16.7. The highest BCUT2D eigenvalue weighted by atomic mass is 16.5. The van der Waals surface area contributed by atoms with E-state index in [1.165, 1.54) is 89.9 Å². The largest absolute Gasteiger partial charge is 0.494 e. The summed E-state index contributed by atoms with van der Waals surface area (Å²) >= 11 is 0. The van der Waals surface area contributed by atoms with Crippen molar-refractivity contribution in [1.29, 1.82) is 0 Å². The first kappa shape index (κ1) is 32.8. The Labute approximate surface area is 249 Å². The summed E-state index contributed by atoms with van der Waals surface area (Å²) in [7, 11) is 0. The van der Waals surface area contributed by atoms with Crippen molar-refractivity contribution < 1.29 is 19.0 Å². The van der Waals surface area contributed by atoms with Crippen LogP contribution in [0.2, 0.25) is 0 Å². The lowest BCUT2D eigenvalue weighted by Gasteiger charge is -2.31. The molecule has 1 fully saturated rings. The van der Waals surface area contributed by atoms with Crippen LogP contribution in [0.25, 0.3) is 0 Å². The number of unbranched alkanes of at least 4 members (excludes halogenated alkanes) is 8. The fourth-order valence-corrected chi connectivity index (χ4v) is 5.98. The molecule has 0 amide bonds. The molecule has 0 aromatic heterocycles. The minimum Gasteiger partial charge on any atom is -0.494 e. The Morgan fingerprint density at radius 1 is 0.707 bits per heavy atom. The van der Waals surface area contributed by atoms with E-state index in [0.29, 0.717) is 17.9 Å². The second kappa shape index (κ2) is 20.2. The van der Waals surface area contributed by atoms with Crippen molar-refractivity contribution in [3.05, 3.63) is 66.7 Å². The van der Waals surface area contributed by atoms with Crippen molar-refractivity contribution in [2.24, 2.45) is 11.8 Å². The van der Waals surface area contributed by atoms with Gasteiger partial charge in [0.05, 0.1) is 18.8 Å². The third-order valence-electron chi connectivity index (χ3n) is 8.43. The van der Waals surface area contributed by atoms with Gasteiger partial charge in [-0.25, -0.2) is 4.79 Å². The van der Waals surface area contributed by atoms with Crippen molar-refractivity contribution in [2.75, 3.05) is 13.2 Å². The molecule has 2 aromatic carbocycles. The minimum atomic E-state index is -0.373. The van der Waals surface area contributed by atoms with Gasteiger partial charge in [-0.2, -0.15) is 0 Å². The number of hydrogen-bond donors (Lipinski definition) is 0. The highest BCUT2D eigenvalue weighted by Gasteiger charge is 2.24. The molecule has 0 bridgehead atoms. The Kier molecular flexibility index (Phi) is 16.1. The van der Waals surface area contributed by atoms with Crippen LogP contribution in [0.15, 0.2) is 61.2 Å². The summed E-state index contributed by atoms with van der Waals surface area (Å²) in [5, 5.41) is 0. The lowest BCUT2D eigenvalue weighted by molar-refractivity contribution is 0.0734. The SMILES string of the molecule is C=CCCCCCCCCOc1ccc(C(=O)Oc2ccc(OCCCC3CCCCC3CCCCC)cc2)cc1. The third kappa shape index (κ3) is 13.2. The number of ether oxygens (including phenoxy) is 3. The van der Waals surface area contributed by atoms with Crippen LogP contribution in [0, 0.1) is 11.8 Å². The number of allylic oxidation sites excluding steroid dienone is 1. The van der Waals surface area contributed by atoms with Crippen molar-refractivity contribution in [2.45, 2.75) is 116 Å². The molecule has 3 rings (SSSR count). The van der Waals surface area contributed by atoms with E-state index in [9.17, 15) is 4.79 Å². The molecule has 0 spiro atoms. The molecule has 2 unspecified atom stereocenters. The molecule has 4 heteroatoms. The minimum absolute atomic E-state index is 0.373. The van der Waals surface area contributed by atoms with Gasteiger partial charge in [0, 0.05) is 0 Å². The molecule has 0 heterocycles. The van der Waals surface area contributed by atoms with Gasteiger partial charge >= 0.3 is 5.97 Å². The first-order chi connectivity index (χ1) is 20.2. The maximum atomic E-state index is 12.6. The average Bonchev–Trinajstić information content (AvgIpc) is 3.00. The summed E-state index contributed by atoms with van der Waals surface area (Å²) < 4.78 is 17.4. The molecule has 1 aliphatic carbocycles. The zero-order chi connectivity index (χ0) is 29.0. The van der Waals surface area contributed by atoms with Gasteiger partial charge in [0.1, 0.15) is 17.2 Å². The fourth-order valence-electron chi connectivity index (χ4n) is 5.98. The van der Waals surface area contributed by atoms with Crippen molar-refractivity contribution in [3.63, 3.8) is 0 Å². The summed E-state index contributed by atoms with van der Waals surface area (Å²) in [5.74, 6) is 3.54. The van der Waals surface area contributed by atoms with E-state index in [1.54, 1.807) is 24.3 Å². The first-order valence-electron chi connectivity index (χ1n) is 16.5. The second-order valence-corrected chi connectivity index (χ2v) is 11.7. The summed E-state index contributed by atoms with van der Waals surface area (Å²) in [4.78, 5) is 12.6. The lowest BCUT2D eigenvalue weighted by atomic mass is 9.74. The molecule has 0 N–H and O–H groups in total. The van der Waals surface area contributed by atoms with Crippen molar-refractivity contribution in [1.82, 2.24) is 0 Å². The molecule has 2 atom stereocenters. The van der Waals surface area contributed by atoms with Gasteiger partial charge < -0.3 is 14.2 Å². The standard InChI is InChI=1S/C37H54O4/c1-3-5-7-8-9-10-11-15-29-39-34-23-21-33(22-24-34)37(38)41-36-27-25-35(26-28-36)40-30-16-20-32-19-14-13-18-31(32)17-12-6-4-2/h3,21-28,31-32H,1,4-20,29-30H2,2H3. The summed E-state index contributed by atoms with van der Waals surface area (Å²) in [6.07, 6.45) is 23.9. The molecule has 0 radical (unpaired) electrons. The van der Waals surface area contributed by atoms with Gasteiger partial charge in [-0.1, -0.05) is 90.0 Å². The summed E-state index contributed by atoms with van der Waals surface area (Å²) in [6, 6.07) is 14.6.